The summed E-state index contributed by atoms with van der Waals surface area (Å²) in [6, 6.07) is 7.88. The van der Waals surface area contributed by atoms with Crippen molar-refractivity contribution in [2.24, 2.45) is 0 Å². The van der Waals surface area contributed by atoms with Crippen LogP contribution in [0, 0.1) is 0 Å². The first-order chi connectivity index (χ1) is 11.7. The Hall–Kier alpha value is -2.08. The quantitative estimate of drug-likeness (QED) is 0.913. The number of carbonyl (C=O) groups is 2. The van der Waals surface area contributed by atoms with Crippen LogP contribution in [0.15, 0.2) is 24.3 Å². The van der Waals surface area contributed by atoms with E-state index in [-0.39, 0.29) is 11.9 Å². The van der Waals surface area contributed by atoms with Crippen molar-refractivity contribution < 1.29 is 9.59 Å². The Bertz CT molecular complexity index is 596. The molecule has 1 aromatic rings. The van der Waals surface area contributed by atoms with Crippen LogP contribution in [0.1, 0.15) is 25.3 Å². The fourth-order valence-corrected chi connectivity index (χ4v) is 3.31. The van der Waals surface area contributed by atoms with E-state index < -0.39 is 0 Å². The molecule has 2 heterocycles. The second kappa shape index (κ2) is 7.66. The van der Waals surface area contributed by atoms with E-state index in [2.05, 4.69) is 17.1 Å². The van der Waals surface area contributed by atoms with Crippen molar-refractivity contribution in [3.63, 3.8) is 0 Å². The number of benzene rings is 1. The van der Waals surface area contributed by atoms with Crippen molar-refractivity contribution >= 4 is 17.6 Å². The molecule has 0 bridgehead atoms. The highest BCUT2D eigenvalue weighted by molar-refractivity contribution is 5.95. The Morgan fingerprint density at radius 3 is 2.62 bits per heavy atom. The van der Waals surface area contributed by atoms with Gasteiger partial charge in [-0.2, -0.15) is 0 Å². The molecule has 2 saturated heterocycles. The Balaban J connectivity index is 1.53. The van der Waals surface area contributed by atoms with Gasteiger partial charge in [-0.25, -0.2) is 4.79 Å². The molecule has 24 heavy (non-hydrogen) atoms. The van der Waals surface area contributed by atoms with Crippen molar-refractivity contribution in [3.05, 3.63) is 29.8 Å². The predicted molar refractivity (Wildman–Crippen MR) is 94.0 cm³/mol. The molecule has 130 valence electrons. The van der Waals surface area contributed by atoms with Crippen LogP contribution in [-0.2, 0) is 11.3 Å². The molecule has 3 amide bonds. The number of carbonyl (C=O) groups excluding carboxylic acids is 2. The standard InChI is InChI=1S/C18H26N4O2/c1-2-20-9-11-21(12-10-20)18(24)19-14-15-5-3-6-16(13-15)22-8-4-7-17(22)23/h3,5-6,13H,2,4,7-12,14H2,1H3,(H,19,24). The number of anilines is 1. The normalized spacial score (nSPS) is 19.0. The van der Waals surface area contributed by atoms with Crippen LogP contribution in [0.25, 0.3) is 0 Å². The molecule has 2 aliphatic rings. The summed E-state index contributed by atoms with van der Waals surface area (Å²) in [4.78, 5) is 30.2. The van der Waals surface area contributed by atoms with Gasteiger partial charge < -0.3 is 20.0 Å². The minimum atomic E-state index is -0.00611. The molecule has 2 fully saturated rings. The third-order valence-corrected chi connectivity index (χ3v) is 4.85. The number of urea groups is 1. The number of hydrogen-bond acceptors (Lipinski definition) is 3. The molecule has 0 radical (unpaired) electrons. The molecule has 0 aliphatic carbocycles. The highest BCUT2D eigenvalue weighted by Crippen LogP contribution is 2.22. The highest BCUT2D eigenvalue weighted by Gasteiger charge is 2.22. The fraction of sp³-hybridized carbons (Fsp3) is 0.556. The van der Waals surface area contributed by atoms with Crippen molar-refractivity contribution in [2.75, 3.05) is 44.2 Å². The molecule has 6 nitrogen and oxygen atoms in total. The van der Waals surface area contributed by atoms with Gasteiger partial charge in [-0.3, -0.25) is 4.79 Å². The van der Waals surface area contributed by atoms with E-state index in [1.807, 2.05) is 34.1 Å². The summed E-state index contributed by atoms with van der Waals surface area (Å²) in [5, 5.41) is 3.00. The van der Waals surface area contributed by atoms with E-state index in [0.717, 1.165) is 56.9 Å². The number of nitrogens with one attached hydrogen (secondary N) is 1. The van der Waals surface area contributed by atoms with Crippen LogP contribution in [0.2, 0.25) is 0 Å². The van der Waals surface area contributed by atoms with E-state index in [1.54, 1.807) is 0 Å². The van der Waals surface area contributed by atoms with Gasteiger partial charge in [0.1, 0.15) is 0 Å². The van der Waals surface area contributed by atoms with E-state index in [9.17, 15) is 9.59 Å². The Morgan fingerprint density at radius 2 is 1.96 bits per heavy atom. The number of amides is 3. The first kappa shape index (κ1) is 16.8. The van der Waals surface area contributed by atoms with Gasteiger partial charge in [0, 0.05) is 51.4 Å². The number of likely N-dealkylation sites (N-methyl/N-ethyl adjacent to an activating group) is 1. The van der Waals surface area contributed by atoms with Crippen molar-refractivity contribution in [2.45, 2.75) is 26.3 Å². The SMILES string of the molecule is CCN1CCN(C(=O)NCc2cccc(N3CCCC3=O)c2)CC1. The smallest absolute Gasteiger partial charge is 0.317 e. The number of hydrogen-bond donors (Lipinski definition) is 1. The number of piperazine rings is 1. The van der Waals surface area contributed by atoms with Gasteiger partial charge in [0.15, 0.2) is 0 Å². The van der Waals surface area contributed by atoms with E-state index in [1.165, 1.54) is 0 Å². The lowest BCUT2D eigenvalue weighted by molar-refractivity contribution is -0.117. The molecule has 1 N–H and O–H groups in total. The van der Waals surface area contributed by atoms with Gasteiger partial charge in [0.05, 0.1) is 0 Å². The maximum absolute atomic E-state index is 12.3. The van der Waals surface area contributed by atoms with Gasteiger partial charge in [-0.15, -0.1) is 0 Å². The summed E-state index contributed by atoms with van der Waals surface area (Å²) >= 11 is 0. The lowest BCUT2D eigenvalue weighted by Gasteiger charge is -2.34. The van der Waals surface area contributed by atoms with Gasteiger partial charge >= 0.3 is 6.03 Å². The van der Waals surface area contributed by atoms with Gasteiger partial charge in [0.25, 0.3) is 0 Å². The zero-order valence-electron chi connectivity index (χ0n) is 14.3. The maximum Gasteiger partial charge on any atom is 0.317 e. The van der Waals surface area contributed by atoms with Gasteiger partial charge in [-0.1, -0.05) is 19.1 Å². The summed E-state index contributed by atoms with van der Waals surface area (Å²) in [5.41, 5.74) is 1.95. The van der Waals surface area contributed by atoms with Crippen LogP contribution < -0.4 is 10.2 Å². The first-order valence-corrected chi connectivity index (χ1v) is 8.82. The molecule has 0 aromatic heterocycles. The van der Waals surface area contributed by atoms with E-state index in [0.29, 0.717) is 13.0 Å². The van der Waals surface area contributed by atoms with Crippen LogP contribution in [0.5, 0.6) is 0 Å². The molecular weight excluding hydrogens is 304 g/mol. The van der Waals surface area contributed by atoms with Crippen LogP contribution in [0.3, 0.4) is 0 Å². The second-order valence-electron chi connectivity index (χ2n) is 6.40. The zero-order valence-corrected chi connectivity index (χ0v) is 14.3. The lowest BCUT2D eigenvalue weighted by Crippen LogP contribution is -2.51. The topological polar surface area (TPSA) is 55.9 Å². The minimum absolute atomic E-state index is 0.00611. The van der Waals surface area contributed by atoms with Gasteiger partial charge in [0.2, 0.25) is 5.91 Å². The summed E-state index contributed by atoms with van der Waals surface area (Å²) in [5.74, 6) is 0.185. The molecular formula is C18H26N4O2. The molecule has 0 unspecified atom stereocenters. The zero-order chi connectivity index (χ0) is 16.9. The molecule has 0 saturated carbocycles. The predicted octanol–water partition coefficient (Wildman–Crippen LogP) is 1.66. The summed E-state index contributed by atoms with van der Waals surface area (Å²) < 4.78 is 0. The second-order valence-corrected chi connectivity index (χ2v) is 6.40. The van der Waals surface area contributed by atoms with Crippen molar-refractivity contribution in [1.82, 2.24) is 15.1 Å². The molecule has 3 rings (SSSR count). The molecule has 6 heteroatoms. The highest BCUT2D eigenvalue weighted by atomic mass is 16.2. The van der Waals surface area contributed by atoms with Crippen LogP contribution >= 0.6 is 0 Å². The number of nitrogens with zero attached hydrogens (tertiary/aromatic N) is 3. The molecule has 2 aliphatic heterocycles. The van der Waals surface area contributed by atoms with Crippen LogP contribution in [0.4, 0.5) is 10.5 Å². The third kappa shape index (κ3) is 3.87. The average molecular weight is 330 g/mol. The molecule has 0 atom stereocenters. The lowest BCUT2D eigenvalue weighted by atomic mass is 10.2. The van der Waals surface area contributed by atoms with E-state index in [4.69, 9.17) is 0 Å². The van der Waals surface area contributed by atoms with E-state index >= 15 is 0 Å². The maximum atomic E-state index is 12.3. The Labute approximate surface area is 143 Å². The van der Waals surface area contributed by atoms with Crippen LogP contribution in [-0.4, -0.2) is 61.0 Å². The largest absolute Gasteiger partial charge is 0.334 e. The monoisotopic (exact) mass is 330 g/mol. The molecule has 0 spiro atoms. The van der Waals surface area contributed by atoms with Gasteiger partial charge in [-0.05, 0) is 30.7 Å². The minimum Gasteiger partial charge on any atom is -0.334 e. The number of rotatable bonds is 4. The van der Waals surface area contributed by atoms with Crippen molar-refractivity contribution in [3.8, 4) is 0 Å². The Morgan fingerprint density at radius 1 is 1.17 bits per heavy atom. The fourth-order valence-electron chi connectivity index (χ4n) is 3.31. The summed E-state index contributed by atoms with van der Waals surface area (Å²) in [6.07, 6.45) is 1.55. The third-order valence-electron chi connectivity index (χ3n) is 4.85. The summed E-state index contributed by atoms with van der Waals surface area (Å²) in [7, 11) is 0. The average Bonchev–Trinajstić information content (AvgIpc) is 3.06. The Kier molecular flexibility index (Phi) is 5.35. The van der Waals surface area contributed by atoms with Crippen molar-refractivity contribution in [1.29, 1.82) is 0 Å². The first-order valence-electron chi connectivity index (χ1n) is 8.82. The molecule has 1 aromatic carbocycles. The summed E-state index contributed by atoms with van der Waals surface area (Å²) in [6.45, 7) is 7.90.